The molecular formula is C11H13NO4. The van der Waals surface area contributed by atoms with Gasteiger partial charge in [-0.05, 0) is 18.6 Å². The Bertz CT molecular complexity index is 401. The van der Waals surface area contributed by atoms with E-state index in [9.17, 15) is 10.1 Å². The summed E-state index contributed by atoms with van der Waals surface area (Å²) in [4.78, 5) is 9.70. The first kappa shape index (κ1) is 12.2. The Balaban J connectivity index is 2.92. The van der Waals surface area contributed by atoms with E-state index >= 15 is 0 Å². The minimum atomic E-state index is -0.514. The molecule has 0 aliphatic heterocycles. The Labute approximate surface area is 93.4 Å². The zero-order chi connectivity index (χ0) is 12.0. The van der Waals surface area contributed by atoms with E-state index in [-0.39, 0.29) is 6.79 Å². The number of rotatable bonds is 5. The summed E-state index contributed by atoms with van der Waals surface area (Å²) in [5.74, 6) is 0.569. The Morgan fingerprint density at radius 2 is 2.25 bits per heavy atom. The van der Waals surface area contributed by atoms with E-state index in [4.69, 9.17) is 9.47 Å². The summed E-state index contributed by atoms with van der Waals surface area (Å²) >= 11 is 0. The third-order valence-electron chi connectivity index (χ3n) is 1.88. The van der Waals surface area contributed by atoms with Gasteiger partial charge in [0.15, 0.2) is 6.79 Å². The van der Waals surface area contributed by atoms with Crippen LogP contribution in [0.2, 0.25) is 0 Å². The highest BCUT2D eigenvalue weighted by atomic mass is 16.7. The maximum atomic E-state index is 10.2. The van der Waals surface area contributed by atoms with Crippen LogP contribution in [0.1, 0.15) is 11.1 Å². The van der Waals surface area contributed by atoms with E-state index in [1.165, 1.54) is 13.2 Å². The molecule has 0 spiro atoms. The summed E-state index contributed by atoms with van der Waals surface area (Å²) in [7, 11) is 1.52. The van der Waals surface area contributed by atoms with E-state index < -0.39 is 4.92 Å². The van der Waals surface area contributed by atoms with Crippen LogP contribution in [0.4, 0.5) is 0 Å². The standard InChI is InChI=1S/C11H13NO4/c1-9-3-4-10(5-6-12(13)14)11(7-9)16-8-15-2/h3-7H,8H2,1-2H3/b6-5+. The lowest BCUT2D eigenvalue weighted by atomic mass is 10.1. The fourth-order valence-electron chi connectivity index (χ4n) is 1.17. The second-order valence-corrected chi connectivity index (χ2v) is 3.19. The Hall–Kier alpha value is -1.88. The van der Waals surface area contributed by atoms with Gasteiger partial charge < -0.3 is 9.47 Å². The van der Waals surface area contributed by atoms with Crippen LogP contribution in [0.5, 0.6) is 5.75 Å². The molecule has 0 N–H and O–H groups in total. The van der Waals surface area contributed by atoms with Gasteiger partial charge in [-0.3, -0.25) is 10.1 Å². The molecule has 0 aliphatic carbocycles. The number of nitro groups is 1. The van der Waals surface area contributed by atoms with E-state index in [0.29, 0.717) is 11.3 Å². The van der Waals surface area contributed by atoms with Crippen LogP contribution in [0.3, 0.4) is 0 Å². The molecule has 0 atom stereocenters. The van der Waals surface area contributed by atoms with Gasteiger partial charge in [0.25, 0.3) is 0 Å². The maximum absolute atomic E-state index is 10.2. The number of benzene rings is 1. The first-order valence-corrected chi connectivity index (χ1v) is 4.67. The first-order valence-electron chi connectivity index (χ1n) is 4.67. The molecule has 0 radical (unpaired) electrons. The molecule has 0 aromatic heterocycles. The minimum absolute atomic E-state index is 0.114. The highest BCUT2D eigenvalue weighted by molar-refractivity contribution is 5.57. The van der Waals surface area contributed by atoms with Crippen molar-refractivity contribution in [1.82, 2.24) is 0 Å². The molecule has 0 heterocycles. The summed E-state index contributed by atoms with van der Waals surface area (Å²) in [6.45, 7) is 2.03. The smallest absolute Gasteiger partial charge is 0.235 e. The number of hydrogen-bond donors (Lipinski definition) is 0. The maximum Gasteiger partial charge on any atom is 0.235 e. The molecule has 0 aliphatic rings. The average molecular weight is 223 g/mol. The minimum Gasteiger partial charge on any atom is -0.467 e. The summed E-state index contributed by atoms with van der Waals surface area (Å²) in [6.07, 6.45) is 2.27. The van der Waals surface area contributed by atoms with Crippen molar-refractivity contribution < 1.29 is 14.4 Å². The number of methoxy groups -OCH3 is 1. The van der Waals surface area contributed by atoms with Gasteiger partial charge >= 0.3 is 0 Å². The van der Waals surface area contributed by atoms with Gasteiger partial charge in [-0.1, -0.05) is 12.1 Å². The van der Waals surface area contributed by atoms with E-state index in [0.717, 1.165) is 11.8 Å². The van der Waals surface area contributed by atoms with Crippen LogP contribution >= 0.6 is 0 Å². The van der Waals surface area contributed by atoms with Gasteiger partial charge in [0.2, 0.25) is 6.20 Å². The second kappa shape index (κ2) is 5.87. The molecule has 1 aromatic carbocycles. The molecule has 86 valence electrons. The van der Waals surface area contributed by atoms with E-state index in [1.54, 1.807) is 12.1 Å². The molecule has 0 bridgehead atoms. The van der Waals surface area contributed by atoms with Crippen molar-refractivity contribution >= 4 is 6.08 Å². The van der Waals surface area contributed by atoms with Gasteiger partial charge in [-0.25, -0.2) is 0 Å². The quantitative estimate of drug-likeness (QED) is 0.436. The third kappa shape index (κ3) is 3.70. The van der Waals surface area contributed by atoms with Gasteiger partial charge in [-0.2, -0.15) is 0 Å². The van der Waals surface area contributed by atoms with E-state index in [1.807, 2.05) is 13.0 Å². The summed E-state index contributed by atoms with van der Waals surface area (Å²) in [5, 5.41) is 10.2. The van der Waals surface area contributed by atoms with Crippen LogP contribution in [0.25, 0.3) is 6.08 Å². The number of nitrogens with zero attached hydrogens (tertiary/aromatic N) is 1. The topological polar surface area (TPSA) is 61.6 Å². The SMILES string of the molecule is COCOc1cc(C)ccc1/C=C/[N+](=O)[O-]. The molecule has 0 fully saturated rings. The molecule has 16 heavy (non-hydrogen) atoms. The highest BCUT2D eigenvalue weighted by Crippen LogP contribution is 2.21. The zero-order valence-electron chi connectivity index (χ0n) is 9.17. The lowest BCUT2D eigenvalue weighted by Gasteiger charge is -2.08. The summed E-state index contributed by atoms with van der Waals surface area (Å²) < 4.78 is 10.1. The van der Waals surface area contributed by atoms with Crippen molar-refractivity contribution in [2.24, 2.45) is 0 Å². The van der Waals surface area contributed by atoms with Crippen molar-refractivity contribution in [3.05, 3.63) is 45.6 Å². The Morgan fingerprint density at radius 3 is 2.88 bits per heavy atom. The Kier molecular flexibility index (Phi) is 4.47. The van der Waals surface area contributed by atoms with Crippen molar-refractivity contribution in [1.29, 1.82) is 0 Å². The predicted octanol–water partition coefficient (Wildman–Crippen LogP) is 2.23. The van der Waals surface area contributed by atoms with Crippen LogP contribution in [-0.4, -0.2) is 18.8 Å². The predicted molar refractivity (Wildman–Crippen MR) is 59.7 cm³/mol. The van der Waals surface area contributed by atoms with Crippen molar-refractivity contribution in [3.63, 3.8) is 0 Å². The van der Waals surface area contributed by atoms with Crippen LogP contribution in [0.15, 0.2) is 24.4 Å². The second-order valence-electron chi connectivity index (χ2n) is 3.19. The van der Waals surface area contributed by atoms with Crippen LogP contribution < -0.4 is 4.74 Å². The Morgan fingerprint density at radius 1 is 1.50 bits per heavy atom. The highest BCUT2D eigenvalue weighted by Gasteiger charge is 2.02. The molecule has 0 saturated carbocycles. The average Bonchev–Trinajstić information content (AvgIpc) is 2.24. The molecule has 0 unspecified atom stereocenters. The third-order valence-corrected chi connectivity index (χ3v) is 1.88. The van der Waals surface area contributed by atoms with Crippen molar-refractivity contribution in [2.45, 2.75) is 6.92 Å². The van der Waals surface area contributed by atoms with Gasteiger partial charge in [0.05, 0.1) is 4.92 Å². The molecule has 1 rings (SSSR count). The number of ether oxygens (including phenoxy) is 2. The normalized spacial score (nSPS) is 10.6. The van der Waals surface area contributed by atoms with Crippen molar-refractivity contribution in [3.8, 4) is 5.75 Å². The summed E-state index contributed by atoms with van der Waals surface area (Å²) in [5.41, 5.74) is 1.67. The first-order chi connectivity index (χ1) is 7.63. The number of hydrogen-bond acceptors (Lipinski definition) is 4. The fourth-order valence-corrected chi connectivity index (χ4v) is 1.17. The lowest BCUT2D eigenvalue weighted by Crippen LogP contribution is -2.00. The lowest BCUT2D eigenvalue weighted by molar-refractivity contribution is -0.400. The summed E-state index contributed by atoms with van der Waals surface area (Å²) in [6, 6.07) is 5.43. The van der Waals surface area contributed by atoms with Gasteiger partial charge in [0, 0.05) is 18.7 Å². The molecule has 5 heteroatoms. The van der Waals surface area contributed by atoms with Crippen molar-refractivity contribution in [2.75, 3.05) is 13.9 Å². The van der Waals surface area contributed by atoms with Crippen LogP contribution in [0, 0.1) is 17.0 Å². The van der Waals surface area contributed by atoms with E-state index in [2.05, 4.69) is 0 Å². The molecule has 1 aromatic rings. The molecule has 5 nitrogen and oxygen atoms in total. The zero-order valence-corrected chi connectivity index (χ0v) is 9.17. The van der Waals surface area contributed by atoms with Gasteiger partial charge in [-0.15, -0.1) is 0 Å². The monoisotopic (exact) mass is 223 g/mol. The molecule has 0 amide bonds. The fraction of sp³-hybridized carbons (Fsp3) is 0.273. The number of aryl methyl sites for hydroxylation is 1. The van der Waals surface area contributed by atoms with Crippen LogP contribution in [-0.2, 0) is 4.74 Å². The largest absolute Gasteiger partial charge is 0.467 e. The molecule has 0 saturated heterocycles. The van der Waals surface area contributed by atoms with Gasteiger partial charge in [0.1, 0.15) is 5.75 Å². The molecular weight excluding hydrogens is 210 g/mol.